The van der Waals surface area contributed by atoms with Crippen LogP contribution in [-0.2, 0) is 33.3 Å². The summed E-state index contributed by atoms with van der Waals surface area (Å²) in [7, 11) is 0. The summed E-state index contributed by atoms with van der Waals surface area (Å²) in [6, 6.07) is 0. The summed E-state index contributed by atoms with van der Waals surface area (Å²) in [5, 5.41) is 0. The molecular weight excluding hydrogens is 159 g/mol. The third-order valence-corrected chi connectivity index (χ3v) is 0. The maximum absolute atomic E-state index is 0. The van der Waals surface area contributed by atoms with Crippen LogP contribution < -0.4 is 0 Å². The molecule has 0 aromatic heterocycles. The van der Waals surface area contributed by atoms with Crippen LogP contribution in [0.5, 0.6) is 0 Å². The van der Waals surface area contributed by atoms with Crippen LogP contribution in [0.4, 0.5) is 0 Å². The molecule has 0 nitrogen and oxygen atoms in total. The molecule has 0 fully saturated rings. The molecule has 0 saturated heterocycles. The molecular formula is H6BCoNiP. The van der Waals surface area contributed by atoms with Crippen molar-refractivity contribution in [3.63, 3.8) is 0 Å². The smallest absolute Gasteiger partial charge is 0.0814 e. The molecule has 0 aliphatic heterocycles. The predicted octanol–water partition coefficient (Wildman–Crippen LogP) is -1.13. The van der Waals surface area contributed by atoms with Crippen molar-refractivity contribution >= 4 is 18.3 Å². The van der Waals surface area contributed by atoms with Crippen molar-refractivity contribution in [1.29, 1.82) is 0 Å². The number of hydrogen-bond donors (Lipinski definition) is 0. The van der Waals surface area contributed by atoms with Gasteiger partial charge in [-0.15, -0.1) is 0 Å². The van der Waals surface area contributed by atoms with Crippen LogP contribution in [0, 0.1) is 0 Å². The van der Waals surface area contributed by atoms with E-state index in [4.69, 9.17) is 0 Å². The predicted molar refractivity (Wildman–Crippen MR) is 21.0 cm³/mol. The van der Waals surface area contributed by atoms with Crippen molar-refractivity contribution in [2.45, 2.75) is 0 Å². The Bertz CT molecular complexity index is 8.00. The molecule has 0 aromatic carbocycles. The van der Waals surface area contributed by atoms with Gasteiger partial charge in [-0.1, -0.05) is 0 Å². The van der Waals surface area contributed by atoms with Crippen LogP contribution in [0.2, 0.25) is 0 Å². The zero-order chi connectivity index (χ0) is 0. The average molecular weight is 165 g/mol. The van der Waals surface area contributed by atoms with Gasteiger partial charge in [0.05, 0.1) is 8.41 Å². The van der Waals surface area contributed by atoms with Crippen LogP contribution in [0.25, 0.3) is 0 Å². The van der Waals surface area contributed by atoms with E-state index < -0.39 is 0 Å². The second kappa shape index (κ2) is 24.6. The molecule has 4 heavy (non-hydrogen) atoms. The van der Waals surface area contributed by atoms with Gasteiger partial charge in [0.25, 0.3) is 0 Å². The molecule has 0 spiro atoms. The third kappa shape index (κ3) is 9.73. The van der Waals surface area contributed by atoms with Gasteiger partial charge in [-0.25, -0.2) is 0 Å². The minimum Gasteiger partial charge on any atom is -0.153 e. The average Bonchev–Trinajstić information content (AvgIpc) is 0. The van der Waals surface area contributed by atoms with Crippen molar-refractivity contribution in [3.05, 3.63) is 0 Å². The Balaban J connectivity index is 0. The van der Waals surface area contributed by atoms with E-state index in [1.807, 2.05) is 0 Å². The first-order valence-corrected chi connectivity index (χ1v) is 0. The van der Waals surface area contributed by atoms with Crippen molar-refractivity contribution in [2.75, 3.05) is 0 Å². The zero-order valence-corrected chi connectivity index (χ0v) is 4.80. The quantitative estimate of drug-likeness (QED) is 0.315. The van der Waals surface area contributed by atoms with Gasteiger partial charge in [0.2, 0.25) is 0 Å². The normalized spacial score (nSPS) is 0. The van der Waals surface area contributed by atoms with Crippen molar-refractivity contribution in [2.24, 2.45) is 0 Å². The van der Waals surface area contributed by atoms with E-state index in [0.717, 1.165) is 0 Å². The first-order valence-electron chi connectivity index (χ1n) is 0. The van der Waals surface area contributed by atoms with Gasteiger partial charge in [-0.05, 0) is 0 Å². The fourth-order valence-corrected chi connectivity index (χ4v) is 0. The molecule has 0 saturated carbocycles. The number of hydrogen-bond acceptors (Lipinski definition) is 0. The maximum atomic E-state index is 0. The Morgan fingerprint density at radius 2 is 1.00 bits per heavy atom. The van der Waals surface area contributed by atoms with Crippen molar-refractivity contribution < 1.29 is 33.3 Å². The van der Waals surface area contributed by atoms with Gasteiger partial charge < -0.3 is 0 Å². The Morgan fingerprint density at radius 1 is 1.00 bits per heavy atom. The Hall–Kier alpha value is 1.49. The van der Waals surface area contributed by atoms with E-state index in [-0.39, 0.29) is 51.6 Å². The van der Waals surface area contributed by atoms with E-state index in [1.165, 1.54) is 0 Å². The van der Waals surface area contributed by atoms with E-state index in [0.29, 0.717) is 0 Å². The van der Waals surface area contributed by atoms with E-state index >= 15 is 0 Å². The molecule has 33 valence electrons. The molecule has 0 bridgehead atoms. The molecule has 0 aromatic rings. The largest absolute Gasteiger partial charge is 0.153 e. The minimum absolute atomic E-state index is 0. The first kappa shape index (κ1) is 49.7. The first-order chi connectivity index (χ1) is 0. The summed E-state index contributed by atoms with van der Waals surface area (Å²) in [5.74, 6) is 0. The molecule has 0 aliphatic rings. The van der Waals surface area contributed by atoms with Crippen molar-refractivity contribution in [1.82, 2.24) is 0 Å². The van der Waals surface area contributed by atoms with Crippen LogP contribution >= 0.6 is 9.90 Å². The standard InChI is InChI=1S/BH3.Co.Ni.H3P/h1H3;;;1H3. The summed E-state index contributed by atoms with van der Waals surface area (Å²) in [5.41, 5.74) is 0. The molecule has 0 rings (SSSR count). The fourth-order valence-electron chi connectivity index (χ4n) is 0. The Morgan fingerprint density at radius 3 is 1.00 bits per heavy atom. The van der Waals surface area contributed by atoms with Gasteiger partial charge in [0.15, 0.2) is 0 Å². The monoisotopic (exact) mass is 165 g/mol. The summed E-state index contributed by atoms with van der Waals surface area (Å²) in [6.07, 6.45) is 0. The van der Waals surface area contributed by atoms with E-state index in [1.54, 1.807) is 0 Å². The molecule has 0 amide bonds. The van der Waals surface area contributed by atoms with Crippen LogP contribution in [0.15, 0.2) is 0 Å². The van der Waals surface area contributed by atoms with Crippen LogP contribution in [0.3, 0.4) is 0 Å². The van der Waals surface area contributed by atoms with Crippen LogP contribution in [-0.4, -0.2) is 8.41 Å². The summed E-state index contributed by atoms with van der Waals surface area (Å²) < 4.78 is 0. The summed E-state index contributed by atoms with van der Waals surface area (Å²) in [4.78, 5) is 0. The zero-order valence-electron chi connectivity index (χ0n) is 1.36. The second-order valence-electron chi connectivity index (χ2n) is 0. The number of rotatable bonds is 0. The van der Waals surface area contributed by atoms with Gasteiger partial charge in [0, 0.05) is 33.3 Å². The maximum Gasteiger partial charge on any atom is 0.0814 e. The Labute approximate surface area is 51.8 Å². The van der Waals surface area contributed by atoms with E-state index in [2.05, 4.69) is 0 Å². The summed E-state index contributed by atoms with van der Waals surface area (Å²) >= 11 is 0. The van der Waals surface area contributed by atoms with E-state index in [9.17, 15) is 0 Å². The van der Waals surface area contributed by atoms with Crippen LogP contribution in [0.1, 0.15) is 0 Å². The van der Waals surface area contributed by atoms with Gasteiger partial charge >= 0.3 is 0 Å². The molecule has 0 aliphatic carbocycles. The molecule has 0 N–H and O–H groups in total. The third-order valence-electron chi connectivity index (χ3n) is 0. The molecule has 1 radical (unpaired) electrons. The summed E-state index contributed by atoms with van der Waals surface area (Å²) in [6.45, 7) is 0. The van der Waals surface area contributed by atoms with Crippen molar-refractivity contribution in [3.8, 4) is 0 Å². The molecule has 0 heterocycles. The molecule has 1 unspecified atom stereocenters. The van der Waals surface area contributed by atoms with Gasteiger partial charge in [-0.2, -0.15) is 9.90 Å². The topological polar surface area (TPSA) is 0 Å². The fraction of sp³-hybridized carbons (Fsp3) is 0. The molecule has 1 atom stereocenters. The van der Waals surface area contributed by atoms with Gasteiger partial charge in [0.1, 0.15) is 0 Å². The molecule has 4 heteroatoms. The SMILES string of the molecule is B.P.[Co].[Ni]. The Kier molecular flexibility index (Phi) is 305. The van der Waals surface area contributed by atoms with Gasteiger partial charge in [-0.3, -0.25) is 0 Å². The minimum atomic E-state index is 0. The second-order valence-corrected chi connectivity index (χ2v) is 0.